The van der Waals surface area contributed by atoms with Crippen molar-refractivity contribution in [3.8, 4) is 0 Å². The van der Waals surface area contributed by atoms with Crippen LogP contribution in [0.5, 0.6) is 0 Å². The number of halogens is 1. The van der Waals surface area contributed by atoms with Gasteiger partial charge in [0.25, 0.3) is 0 Å². The number of rotatable bonds is 3. The molecular formula is C15H17BrN2O5. The fourth-order valence-electron chi connectivity index (χ4n) is 1.85. The summed E-state index contributed by atoms with van der Waals surface area (Å²) in [5.74, 6) is -0.667. The molecule has 2 rings (SSSR count). The van der Waals surface area contributed by atoms with Crippen molar-refractivity contribution < 1.29 is 23.5 Å². The number of aromatic nitrogens is 1. The van der Waals surface area contributed by atoms with Crippen LogP contribution in [0.15, 0.2) is 21.2 Å². The number of nitrogens with one attached hydrogen (secondary N) is 1. The number of ether oxygens (including phenoxy) is 2. The fraction of sp³-hybridized carbons (Fsp3) is 0.400. The zero-order valence-electron chi connectivity index (χ0n) is 13.2. The molecule has 0 fully saturated rings. The first-order chi connectivity index (χ1) is 10.7. The molecule has 124 valence electrons. The number of furan rings is 1. The quantitative estimate of drug-likeness (QED) is 0.632. The van der Waals surface area contributed by atoms with Crippen LogP contribution in [-0.2, 0) is 9.47 Å². The van der Waals surface area contributed by atoms with Gasteiger partial charge in [-0.1, -0.05) is 0 Å². The van der Waals surface area contributed by atoms with Gasteiger partial charge in [0.15, 0.2) is 0 Å². The van der Waals surface area contributed by atoms with Crippen LogP contribution in [0.25, 0.3) is 11.1 Å². The number of anilines is 1. The first-order valence-corrected chi connectivity index (χ1v) is 7.76. The molecule has 0 bridgehead atoms. The molecule has 2 aromatic heterocycles. The Morgan fingerprint density at radius 1 is 1.35 bits per heavy atom. The summed E-state index contributed by atoms with van der Waals surface area (Å²) in [6.45, 7) is 7.08. The van der Waals surface area contributed by atoms with Crippen molar-refractivity contribution in [2.45, 2.75) is 33.3 Å². The minimum absolute atomic E-state index is 0.0571. The summed E-state index contributed by atoms with van der Waals surface area (Å²) < 4.78 is 16.2. The van der Waals surface area contributed by atoms with E-state index in [0.717, 1.165) is 0 Å². The van der Waals surface area contributed by atoms with E-state index in [1.165, 1.54) is 0 Å². The molecule has 8 heteroatoms. The lowest BCUT2D eigenvalue weighted by atomic mass is 10.2. The third-order valence-corrected chi connectivity index (χ3v) is 3.06. The van der Waals surface area contributed by atoms with E-state index < -0.39 is 17.7 Å². The summed E-state index contributed by atoms with van der Waals surface area (Å²) in [6, 6.07) is 3.32. The lowest BCUT2D eigenvalue weighted by Gasteiger charge is -2.19. The second-order valence-corrected chi connectivity index (χ2v) is 6.45. The molecule has 0 atom stereocenters. The number of amides is 1. The van der Waals surface area contributed by atoms with Crippen LogP contribution in [0.3, 0.4) is 0 Å². The Bertz CT molecular complexity index is 748. The molecule has 23 heavy (non-hydrogen) atoms. The Morgan fingerprint density at radius 2 is 2.04 bits per heavy atom. The second kappa shape index (κ2) is 6.57. The van der Waals surface area contributed by atoms with Crippen LogP contribution in [0.1, 0.15) is 38.1 Å². The highest BCUT2D eigenvalue weighted by atomic mass is 79.9. The average Bonchev–Trinajstić information content (AvgIpc) is 2.73. The molecule has 0 saturated carbocycles. The van der Waals surface area contributed by atoms with Crippen molar-refractivity contribution in [3.63, 3.8) is 0 Å². The molecule has 0 aliphatic rings. The van der Waals surface area contributed by atoms with Crippen molar-refractivity contribution in [1.29, 1.82) is 0 Å². The lowest BCUT2D eigenvalue weighted by Crippen LogP contribution is -2.27. The smallest absolute Gasteiger partial charge is 0.414 e. The molecule has 0 aliphatic carbocycles. The Labute approximate surface area is 141 Å². The summed E-state index contributed by atoms with van der Waals surface area (Å²) in [7, 11) is 0. The summed E-state index contributed by atoms with van der Waals surface area (Å²) in [5.41, 5.74) is -0.372. The molecule has 0 radical (unpaired) electrons. The molecule has 0 aromatic carbocycles. The van der Waals surface area contributed by atoms with Crippen LogP contribution < -0.4 is 5.32 Å². The largest absolute Gasteiger partial charge is 0.462 e. The monoisotopic (exact) mass is 384 g/mol. The topological polar surface area (TPSA) is 90.7 Å². The predicted octanol–water partition coefficient (Wildman–Crippen LogP) is 4.11. The van der Waals surface area contributed by atoms with Gasteiger partial charge in [0.05, 0.1) is 12.0 Å². The van der Waals surface area contributed by atoms with Gasteiger partial charge in [0.2, 0.25) is 11.6 Å². The number of hydrogen-bond donors (Lipinski definition) is 1. The summed E-state index contributed by atoms with van der Waals surface area (Å²) in [4.78, 5) is 28.2. The maximum absolute atomic E-state index is 12.2. The molecule has 0 unspecified atom stereocenters. The number of pyridine rings is 1. The molecule has 0 aliphatic heterocycles. The van der Waals surface area contributed by atoms with Crippen molar-refractivity contribution >= 4 is 45.0 Å². The zero-order chi connectivity index (χ0) is 17.2. The third kappa shape index (κ3) is 4.22. The number of carbonyl (C=O) groups excluding carboxylic acids is 2. The Hall–Kier alpha value is -2.09. The predicted molar refractivity (Wildman–Crippen MR) is 87.5 cm³/mol. The molecule has 7 nitrogen and oxygen atoms in total. The van der Waals surface area contributed by atoms with Crippen LogP contribution in [-0.4, -0.2) is 29.3 Å². The van der Waals surface area contributed by atoms with Gasteiger partial charge in [-0.15, -0.1) is 0 Å². The lowest BCUT2D eigenvalue weighted by molar-refractivity contribution is 0.0529. The van der Waals surface area contributed by atoms with E-state index in [9.17, 15) is 9.59 Å². The zero-order valence-corrected chi connectivity index (χ0v) is 14.8. The van der Waals surface area contributed by atoms with Crippen molar-refractivity contribution in [2.24, 2.45) is 0 Å². The standard InChI is InChI=1S/C15H17BrN2O5/c1-5-21-13(19)10-8-6-7-9(16)17-11(8)22-12(10)18-14(20)23-15(2,3)4/h6-7H,5H2,1-4H3,(H,18,20). The van der Waals surface area contributed by atoms with Crippen LogP contribution in [0.4, 0.5) is 10.7 Å². The van der Waals surface area contributed by atoms with Gasteiger partial charge in [-0.3, -0.25) is 5.32 Å². The SMILES string of the molecule is CCOC(=O)c1c(NC(=O)OC(C)(C)C)oc2nc(Br)ccc12. The van der Waals surface area contributed by atoms with Gasteiger partial charge >= 0.3 is 12.1 Å². The summed E-state index contributed by atoms with van der Waals surface area (Å²) >= 11 is 3.23. The number of esters is 1. The van der Waals surface area contributed by atoms with E-state index in [2.05, 4.69) is 26.2 Å². The van der Waals surface area contributed by atoms with Crippen molar-refractivity contribution in [3.05, 3.63) is 22.3 Å². The van der Waals surface area contributed by atoms with Crippen LogP contribution in [0.2, 0.25) is 0 Å². The number of hydrogen-bond acceptors (Lipinski definition) is 6. The summed E-state index contributed by atoms with van der Waals surface area (Å²) in [6.07, 6.45) is -0.735. The highest BCUT2D eigenvalue weighted by Gasteiger charge is 2.26. The van der Waals surface area contributed by atoms with Gasteiger partial charge < -0.3 is 13.9 Å². The van der Waals surface area contributed by atoms with E-state index in [0.29, 0.717) is 9.99 Å². The normalized spacial score (nSPS) is 11.3. The van der Waals surface area contributed by atoms with Crippen molar-refractivity contribution in [1.82, 2.24) is 4.98 Å². The molecule has 2 heterocycles. The first kappa shape index (κ1) is 17.3. The van der Waals surface area contributed by atoms with E-state index in [4.69, 9.17) is 13.9 Å². The third-order valence-electron chi connectivity index (χ3n) is 2.62. The minimum atomic E-state index is -0.735. The molecule has 1 N–H and O–H groups in total. The van der Waals surface area contributed by atoms with Gasteiger partial charge in [-0.2, -0.15) is 0 Å². The van der Waals surface area contributed by atoms with Crippen LogP contribution >= 0.6 is 15.9 Å². The first-order valence-electron chi connectivity index (χ1n) is 6.97. The molecule has 0 spiro atoms. The number of carbonyl (C=O) groups is 2. The van der Waals surface area contributed by atoms with Gasteiger partial charge in [-0.05, 0) is 55.8 Å². The number of fused-ring (bicyclic) bond motifs is 1. The molecule has 1 amide bonds. The molecular weight excluding hydrogens is 368 g/mol. The van der Waals surface area contributed by atoms with Gasteiger partial charge in [0.1, 0.15) is 15.8 Å². The number of nitrogens with zero attached hydrogens (tertiary/aromatic N) is 1. The van der Waals surface area contributed by atoms with Crippen LogP contribution in [0, 0.1) is 0 Å². The Morgan fingerprint density at radius 3 is 2.65 bits per heavy atom. The van der Waals surface area contributed by atoms with E-state index in [-0.39, 0.29) is 23.8 Å². The highest BCUT2D eigenvalue weighted by molar-refractivity contribution is 9.10. The van der Waals surface area contributed by atoms with Gasteiger partial charge in [0, 0.05) is 0 Å². The van der Waals surface area contributed by atoms with Crippen molar-refractivity contribution in [2.75, 3.05) is 11.9 Å². The molecule has 0 saturated heterocycles. The Kier molecular flexibility index (Phi) is 4.93. The fourth-order valence-corrected chi connectivity index (χ4v) is 2.14. The van der Waals surface area contributed by atoms with E-state index >= 15 is 0 Å². The maximum atomic E-state index is 12.2. The van der Waals surface area contributed by atoms with E-state index in [1.807, 2.05) is 0 Å². The molecule has 2 aromatic rings. The minimum Gasteiger partial charge on any atom is -0.462 e. The second-order valence-electron chi connectivity index (χ2n) is 5.64. The highest BCUT2D eigenvalue weighted by Crippen LogP contribution is 2.31. The average molecular weight is 385 g/mol. The van der Waals surface area contributed by atoms with Gasteiger partial charge in [-0.25, -0.2) is 14.6 Å². The maximum Gasteiger partial charge on any atom is 0.414 e. The Balaban J connectivity index is 2.43. The van der Waals surface area contributed by atoms with E-state index in [1.54, 1.807) is 39.8 Å². The summed E-state index contributed by atoms with van der Waals surface area (Å²) in [5, 5.41) is 2.87.